The van der Waals surface area contributed by atoms with Crippen LogP contribution in [0.25, 0.3) is 6.08 Å². The summed E-state index contributed by atoms with van der Waals surface area (Å²) in [6.45, 7) is 1.61. The van der Waals surface area contributed by atoms with Gasteiger partial charge in [-0.3, -0.25) is 9.35 Å². The van der Waals surface area contributed by atoms with Crippen molar-refractivity contribution in [1.29, 1.82) is 0 Å². The summed E-state index contributed by atoms with van der Waals surface area (Å²) in [4.78, 5) is 25.1. The highest BCUT2D eigenvalue weighted by Gasteiger charge is 2.46. The number of carbonyl (C=O) groups excluding carboxylic acids is 2. The number of benzene rings is 2. The van der Waals surface area contributed by atoms with E-state index in [9.17, 15) is 31.2 Å². The van der Waals surface area contributed by atoms with Gasteiger partial charge >= 0.3 is 18.1 Å². The van der Waals surface area contributed by atoms with Crippen molar-refractivity contribution < 1.29 is 45.2 Å². The smallest absolute Gasteiger partial charge is 0.426 e. The summed E-state index contributed by atoms with van der Waals surface area (Å²) in [5.41, 5.74) is 1.50. The monoisotopic (exact) mass is 470 g/mol. The molecule has 2 atom stereocenters. The predicted molar refractivity (Wildman–Crippen MR) is 107 cm³/mol. The Morgan fingerprint density at radius 3 is 2.50 bits per heavy atom. The molecule has 0 radical (unpaired) electrons. The molecule has 0 saturated heterocycles. The number of halogens is 3. The molecule has 0 heterocycles. The van der Waals surface area contributed by atoms with Crippen LogP contribution in [-0.4, -0.2) is 42.9 Å². The van der Waals surface area contributed by atoms with E-state index in [1.165, 1.54) is 12.1 Å². The first-order chi connectivity index (χ1) is 14.8. The Balaban J connectivity index is 1.85. The van der Waals surface area contributed by atoms with Gasteiger partial charge in [-0.05, 0) is 35.7 Å². The van der Waals surface area contributed by atoms with Crippen LogP contribution in [0.2, 0.25) is 0 Å². The van der Waals surface area contributed by atoms with Crippen molar-refractivity contribution in [3.63, 3.8) is 0 Å². The normalized spacial score (nSPS) is 16.3. The SMILES string of the molecule is Cc1ccc(C(=O)OC(CS(=O)(=O)O)C(F)(F)F)c(OC(=O)C2C=Cc3ccccc32)c1. The summed E-state index contributed by atoms with van der Waals surface area (Å²) in [7, 11) is -5.10. The molecule has 0 fully saturated rings. The molecule has 0 spiro atoms. The fraction of sp³-hybridized carbons (Fsp3) is 0.238. The lowest BCUT2D eigenvalue weighted by molar-refractivity contribution is -0.197. The summed E-state index contributed by atoms with van der Waals surface area (Å²) in [6.07, 6.45) is -5.06. The Morgan fingerprint density at radius 2 is 1.84 bits per heavy atom. The maximum atomic E-state index is 13.1. The highest BCUT2D eigenvalue weighted by Crippen LogP contribution is 2.33. The average molecular weight is 470 g/mol. The molecule has 11 heteroatoms. The van der Waals surface area contributed by atoms with E-state index in [0.29, 0.717) is 11.1 Å². The predicted octanol–water partition coefficient (Wildman–Crippen LogP) is 3.69. The minimum atomic E-state index is -5.26. The number of ether oxygens (including phenoxy) is 2. The van der Waals surface area contributed by atoms with Crippen LogP contribution in [0.5, 0.6) is 5.75 Å². The van der Waals surface area contributed by atoms with Gasteiger partial charge in [0.2, 0.25) is 6.10 Å². The molecular weight excluding hydrogens is 453 g/mol. The zero-order valence-corrected chi connectivity index (χ0v) is 17.3. The van der Waals surface area contributed by atoms with E-state index < -0.39 is 51.6 Å². The van der Waals surface area contributed by atoms with Crippen LogP contribution in [0, 0.1) is 6.92 Å². The quantitative estimate of drug-likeness (QED) is 0.390. The number of alkyl halides is 3. The third-order valence-electron chi connectivity index (χ3n) is 4.60. The Morgan fingerprint density at radius 1 is 1.16 bits per heavy atom. The first kappa shape index (κ1) is 23.5. The van der Waals surface area contributed by atoms with Crippen molar-refractivity contribution in [1.82, 2.24) is 0 Å². The first-order valence-electron chi connectivity index (χ1n) is 9.17. The number of carbonyl (C=O) groups is 2. The summed E-state index contributed by atoms with van der Waals surface area (Å²) in [5, 5.41) is 0. The van der Waals surface area contributed by atoms with Crippen molar-refractivity contribution in [2.24, 2.45) is 0 Å². The summed E-state index contributed by atoms with van der Waals surface area (Å²) in [6, 6.07) is 10.8. The third-order valence-corrected chi connectivity index (χ3v) is 5.32. The van der Waals surface area contributed by atoms with Crippen molar-refractivity contribution >= 4 is 28.1 Å². The van der Waals surface area contributed by atoms with Gasteiger partial charge in [0.25, 0.3) is 10.1 Å². The maximum Gasteiger partial charge on any atom is 0.426 e. The molecule has 2 unspecified atom stereocenters. The van der Waals surface area contributed by atoms with Crippen LogP contribution in [0.3, 0.4) is 0 Å². The van der Waals surface area contributed by atoms with Crippen molar-refractivity contribution in [3.05, 3.63) is 70.8 Å². The van der Waals surface area contributed by atoms with Crippen molar-refractivity contribution in [3.8, 4) is 5.75 Å². The molecule has 1 aliphatic rings. The lowest BCUT2D eigenvalue weighted by Crippen LogP contribution is -2.39. The van der Waals surface area contributed by atoms with E-state index in [1.54, 1.807) is 43.3 Å². The Labute approximate surface area is 181 Å². The molecule has 2 aromatic rings. The number of aryl methyl sites for hydroxylation is 1. The minimum absolute atomic E-state index is 0.342. The van der Waals surface area contributed by atoms with Gasteiger partial charge in [-0.15, -0.1) is 0 Å². The Bertz CT molecular complexity index is 1190. The molecule has 0 aromatic heterocycles. The highest BCUT2D eigenvalue weighted by molar-refractivity contribution is 7.85. The molecule has 1 N–H and O–H groups in total. The number of esters is 2. The second-order valence-corrected chi connectivity index (χ2v) is 8.57. The Hall–Kier alpha value is -3.18. The molecule has 32 heavy (non-hydrogen) atoms. The fourth-order valence-electron chi connectivity index (χ4n) is 3.09. The van der Waals surface area contributed by atoms with Crippen molar-refractivity contribution in [2.45, 2.75) is 25.1 Å². The lowest BCUT2D eigenvalue weighted by atomic mass is 10.0. The summed E-state index contributed by atoms with van der Waals surface area (Å²) in [5.74, 6) is -5.33. The van der Waals surface area contributed by atoms with E-state index in [-0.39, 0.29) is 5.75 Å². The number of fused-ring (bicyclic) bond motifs is 1. The highest BCUT2D eigenvalue weighted by atomic mass is 32.2. The van der Waals surface area contributed by atoms with Gasteiger partial charge in [-0.25, -0.2) is 4.79 Å². The van der Waals surface area contributed by atoms with Crippen LogP contribution >= 0.6 is 0 Å². The topological polar surface area (TPSA) is 107 Å². The summed E-state index contributed by atoms with van der Waals surface area (Å²) < 4.78 is 79.5. The van der Waals surface area contributed by atoms with Crippen LogP contribution in [0.15, 0.2) is 48.5 Å². The van der Waals surface area contributed by atoms with Crippen LogP contribution in [-0.2, 0) is 19.6 Å². The molecule has 0 bridgehead atoms. The van der Waals surface area contributed by atoms with Gasteiger partial charge < -0.3 is 9.47 Å². The molecular formula is C21H17F3O7S. The standard InChI is InChI=1S/C21H17F3O7S/c1-12-6-8-16(20(26)31-18(21(22,23)24)11-32(27,28)29)17(10-12)30-19(25)15-9-7-13-4-2-3-5-14(13)15/h2-10,15,18H,11H2,1H3,(H,27,28,29). The first-order valence-corrected chi connectivity index (χ1v) is 10.8. The summed E-state index contributed by atoms with van der Waals surface area (Å²) >= 11 is 0. The Kier molecular flexibility index (Phi) is 6.42. The molecule has 3 rings (SSSR count). The third kappa shape index (κ3) is 5.54. The number of rotatable bonds is 6. The van der Waals surface area contributed by atoms with E-state index in [1.807, 2.05) is 0 Å². The van der Waals surface area contributed by atoms with E-state index in [0.717, 1.165) is 11.6 Å². The molecule has 0 aliphatic heterocycles. The number of hydrogen-bond acceptors (Lipinski definition) is 6. The van der Waals surface area contributed by atoms with Crippen LogP contribution in [0.1, 0.15) is 33.0 Å². The second kappa shape index (κ2) is 8.75. The minimum Gasteiger partial charge on any atom is -0.448 e. The molecule has 0 amide bonds. The van der Waals surface area contributed by atoms with E-state index in [4.69, 9.17) is 9.29 Å². The number of hydrogen-bond donors (Lipinski definition) is 1. The van der Waals surface area contributed by atoms with Gasteiger partial charge in [0.05, 0.1) is 0 Å². The molecule has 1 aliphatic carbocycles. The van der Waals surface area contributed by atoms with Gasteiger partial charge in [0.1, 0.15) is 23.0 Å². The van der Waals surface area contributed by atoms with Crippen LogP contribution < -0.4 is 4.74 Å². The van der Waals surface area contributed by atoms with Crippen molar-refractivity contribution in [2.75, 3.05) is 5.75 Å². The zero-order valence-electron chi connectivity index (χ0n) is 16.5. The fourth-order valence-corrected chi connectivity index (χ4v) is 3.73. The molecule has 7 nitrogen and oxygen atoms in total. The lowest BCUT2D eigenvalue weighted by Gasteiger charge is -2.20. The van der Waals surface area contributed by atoms with Gasteiger partial charge in [-0.2, -0.15) is 21.6 Å². The zero-order chi connectivity index (χ0) is 23.7. The molecule has 0 saturated carbocycles. The van der Waals surface area contributed by atoms with Gasteiger partial charge in [0.15, 0.2) is 0 Å². The van der Waals surface area contributed by atoms with Crippen LogP contribution in [0.4, 0.5) is 13.2 Å². The average Bonchev–Trinajstić information content (AvgIpc) is 3.10. The van der Waals surface area contributed by atoms with Gasteiger partial charge in [-0.1, -0.05) is 42.5 Å². The van der Waals surface area contributed by atoms with Gasteiger partial charge in [0, 0.05) is 0 Å². The largest absolute Gasteiger partial charge is 0.448 e. The molecule has 2 aromatic carbocycles. The second-order valence-electron chi connectivity index (χ2n) is 7.07. The molecule has 170 valence electrons. The van der Waals surface area contributed by atoms with E-state index >= 15 is 0 Å². The van der Waals surface area contributed by atoms with E-state index in [2.05, 4.69) is 4.74 Å². The maximum absolute atomic E-state index is 13.1.